The first-order valence-corrected chi connectivity index (χ1v) is 10.5. The van der Waals surface area contributed by atoms with Crippen molar-refractivity contribution in [3.05, 3.63) is 57.3 Å². The van der Waals surface area contributed by atoms with E-state index in [1.807, 2.05) is 19.1 Å². The van der Waals surface area contributed by atoms with Gasteiger partial charge >= 0.3 is 0 Å². The molecule has 0 spiro atoms. The summed E-state index contributed by atoms with van der Waals surface area (Å²) in [6.45, 7) is 3.80. The Balaban J connectivity index is 1.74. The van der Waals surface area contributed by atoms with E-state index in [2.05, 4.69) is 9.97 Å². The first-order chi connectivity index (χ1) is 12.4. The standard InChI is InChI=1S/C19H23N3O3S/c1-3-13-4-8-16(9-5-13)26(24,25)22-14-6-7-15(22)11-18-17(10-14)19(23)21-12(2)20-18/h4-5,8-9,14-15H,3,6-7,10-11H2,1-2H3,(H,20,21,23)/t14-,15+/m1/s1. The molecule has 0 aliphatic carbocycles. The van der Waals surface area contributed by atoms with Gasteiger partial charge in [-0.25, -0.2) is 13.4 Å². The molecule has 1 aromatic carbocycles. The van der Waals surface area contributed by atoms with Crippen molar-refractivity contribution in [3.63, 3.8) is 0 Å². The molecule has 0 amide bonds. The molecule has 3 heterocycles. The second-order valence-electron chi connectivity index (χ2n) is 7.20. The number of nitrogens with one attached hydrogen (secondary N) is 1. The highest BCUT2D eigenvalue weighted by atomic mass is 32.2. The average molecular weight is 373 g/mol. The van der Waals surface area contributed by atoms with Crippen LogP contribution in [-0.2, 0) is 29.3 Å². The maximum atomic E-state index is 13.3. The van der Waals surface area contributed by atoms with Crippen molar-refractivity contribution < 1.29 is 8.42 Å². The van der Waals surface area contributed by atoms with Crippen LogP contribution in [0.3, 0.4) is 0 Å². The van der Waals surface area contributed by atoms with Crippen molar-refractivity contribution in [1.29, 1.82) is 0 Å². The van der Waals surface area contributed by atoms with Gasteiger partial charge in [-0.2, -0.15) is 4.31 Å². The minimum Gasteiger partial charge on any atom is -0.311 e. The van der Waals surface area contributed by atoms with Crippen molar-refractivity contribution in [3.8, 4) is 0 Å². The summed E-state index contributed by atoms with van der Waals surface area (Å²) in [4.78, 5) is 19.9. The number of sulfonamides is 1. The number of hydrogen-bond acceptors (Lipinski definition) is 4. The fraction of sp³-hybridized carbons (Fsp3) is 0.474. The van der Waals surface area contributed by atoms with Gasteiger partial charge < -0.3 is 4.98 Å². The van der Waals surface area contributed by atoms with Gasteiger partial charge in [0, 0.05) is 24.1 Å². The van der Waals surface area contributed by atoms with E-state index in [1.54, 1.807) is 23.4 Å². The Bertz CT molecular complexity index is 996. The number of hydrogen-bond donors (Lipinski definition) is 1. The fourth-order valence-corrected chi connectivity index (χ4v) is 6.11. The molecule has 2 aliphatic heterocycles. The quantitative estimate of drug-likeness (QED) is 0.891. The number of aromatic nitrogens is 2. The van der Waals surface area contributed by atoms with E-state index in [9.17, 15) is 13.2 Å². The first kappa shape index (κ1) is 17.4. The van der Waals surface area contributed by atoms with Crippen LogP contribution in [0.5, 0.6) is 0 Å². The lowest BCUT2D eigenvalue weighted by Gasteiger charge is -2.27. The molecule has 1 saturated heterocycles. The smallest absolute Gasteiger partial charge is 0.254 e. The molecular formula is C19H23N3O3S. The molecule has 6 nitrogen and oxygen atoms in total. The van der Waals surface area contributed by atoms with Gasteiger partial charge in [-0.1, -0.05) is 19.1 Å². The third-order valence-electron chi connectivity index (χ3n) is 5.55. The number of benzene rings is 1. The highest BCUT2D eigenvalue weighted by Gasteiger charge is 2.45. The second kappa shape index (κ2) is 6.32. The number of fused-ring (bicyclic) bond motifs is 3. The van der Waals surface area contributed by atoms with Gasteiger partial charge in [-0.3, -0.25) is 4.79 Å². The Morgan fingerprint density at radius 1 is 1.15 bits per heavy atom. The summed E-state index contributed by atoms with van der Waals surface area (Å²) < 4.78 is 28.3. The van der Waals surface area contributed by atoms with E-state index in [4.69, 9.17) is 0 Å². The first-order valence-electron chi connectivity index (χ1n) is 9.11. The molecule has 0 unspecified atom stereocenters. The second-order valence-corrected chi connectivity index (χ2v) is 9.05. The lowest BCUT2D eigenvalue weighted by molar-refractivity contribution is 0.327. The third-order valence-corrected chi connectivity index (χ3v) is 7.57. The molecule has 1 N–H and O–H groups in total. The SMILES string of the molecule is CCc1ccc(S(=O)(=O)N2[C@@H]3CC[C@H]2Cc2nc(C)[nH]c(=O)c2C3)cc1. The molecule has 2 atom stereocenters. The average Bonchev–Trinajstić information content (AvgIpc) is 2.91. The number of aryl methyl sites for hydroxylation is 2. The maximum Gasteiger partial charge on any atom is 0.254 e. The monoisotopic (exact) mass is 373 g/mol. The number of H-pyrrole nitrogens is 1. The van der Waals surface area contributed by atoms with Crippen LogP contribution in [0.1, 0.15) is 42.4 Å². The van der Waals surface area contributed by atoms with Crippen LogP contribution in [0.25, 0.3) is 0 Å². The fourth-order valence-electron chi connectivity index (χ4n) is 4.24. The minimum atomic E-state index is -3.59. The molecule has 2 bridgehead atoms. The minimum absolute atomic E-state index is 0.134. The molecule has 7 heteroatoms. The number of rotatable bonds is 3. The summed E-state index contributed by atoms with van der Waals surface area (Å²) in [6, 6.07) is 6.82. The van der Waals surface area contributed by atoms with Crippen LogP contribution >= 0.6 is 0 Å². The summed E-state index contributed by atoms with van der Waals surface area (Å²) in [7, 11) is -3.59. The molecule has 2 aliphatic rings. The van der Waals surface area contributed by atoms with Crippen molar-refractivity contribution in [2.75, 3.05) is 0 Å². The molecule has 2 aromatic rings. The van der Waals surface area contributed by atoms with Crippen LogP contribution in [0, 0.1) is 6.92 Å². The zero-order chi connectivity index (χ0) is 18.5. The van der Waals surface area contributed by atoms with Gasteiger partial charge in [-0.15, -0.1) is 0 Å². The Labute approximate surface area is 153 Å². The van der Waals surface area contributed by atoms with Crippen LogP contribution in [0.2, 0.25) is 0 Å². The molecular weight excluding hydrogens is 350 g/mol. The summed E-state index contributed by atoms with van der Waals surface area (Å²) in [6.07, 6.45) is 3.40. The van der Waals surface area contributed by atoms with Gasteiger partial charge in [0.1, 0.15) is 5.82 Å². The van der Waals surface area contributed by atoms with Gasteiger partial charge in [0.2, 0.25) is 10.0 Å². The third kappa shape index (κ3) is 2.79. The van der Waals surface area contributed by atoms with Crippen LogP contribution in [0.15, 0.2) is 34.0 Å². The lowest BCUT2D eigenvalue weighted by atomic mass is 9.98. The van der Waals surface area contributed by atoms with Crippen molar-refractivity contribution in [1.82, 2.24) is 14.3 Å². The topological polar surface area (TPSA) is 83.1 Å². The number of aromatic amines is 1. The molecule has 0 radical (unpaired) electrons. The Kier molecular flexibility index (Phi) is 4.23. The summed E-state index contributed by atoms with van der Waals surface area (Å²) >= 11 is 0. The zero-order valence-electron chi connectivity index (χ0n) is 15.0. The van der Waals surface area contributed by atoms with E-state index in [0.29, 0.717) is 29.1 Å². The van der Waals surface area contributed by atoms with Gasteiger partial charge in [0.25, 0.3) is 5.56 Å². The summed E-state index contributed by atoms with van der Waals surface area (Å²) in [5, 5.41) is 0. The van der Waals surface area contributed by atoms with E-state index in [-0.39, 0.29) is 17.6 Å². The van der Waals surface area contributed by atoms with Crippen LogP contribution < -0.4 is 5.56 Å². The highest BCUT2D eigenvalue weighted by Crippen LogP contribution is 2.37. The predicted octanol–water partition coefficient (Wildman–Crippen LogP) is 1.96. The maximum absolute atomic E-state index is 13.3. The van der Waals surface area contributed by atoms with Gasteiger partial charge in [0.05, 0.1) is 10.6 Å². The molecule has 4 rings (SSSR count). The Morgan fingerprint density at radius 2 is 1.81 bits per heavy atom. The van der Waals surface area contributed by atoms with Crippen LogP contribution in [0.4, 0.5) is 0 Å². The largest absolute Gasteiger partial charge is 0.311 e. The molecule has 138 valence electrons. The van der Waals surface area contributed by atoms with Gasteiger partial charge in [-0.05, 0) is 50.3 Å². The van der Waals surface area contributed by atoms with E-state index in [0.717, 1.165) is 30.5 Å². The number of nitrogens with zero attached hydrogens (tertiary/aromatic N) is 2. The summed E-state index contributed by atoms with van der Waals surface area (Å²) in [5.41, 5.74) is 2.37. The van der Waals surface area contributed by atoms with Crippen LogP contribution in [-0.4, -0.2) is 34.8 Å². The normalized spacial score (nSPS) is 22.8. The zero-order valence-corrected chi connectivity index (χ0v) is 15.8. The van der Waals surface area contributed by atoms with E-state index < -0.39 is 10.0 Å². The highest BCUT2D eigenvalue weighted by molar-refractivity contribution is 7.89. The van der Waals surface area contributed by atoms with Gasteiger partial charge in [0.15, 0.2) is 0 Å². The molecule has 1 fully saturated rings. The summed E-state index contributed by atoms with van der Waals surface area (Å²) in [5.74, 6) is 0.580. The van der Waals surface area contributed by atoms with Crippen molar-refractivity contribution >= 4 is 10.0 Å². The van der Waals surface area contributed by atoms with E-state index in [1.165, 1.54) is 0 Å². The van der Waals surface area contributed by atoms with Crippen molar-refractivity contribution in [2.24, 2.45) is 0 Å². The molecule has 26 heavy (non-hydrogen) atoms. The lowest BCUT2D eigenvalue weighted by Crippen LogP contribution is -2.41. The Morgan fingerprint density at radius 3 is 2.46 bits per heavy atom. The predicted molar refractivity (Wildman–Crippen MR) is 98.7 cm³/mol. The molecule has 0 saturated carbocycles. The molecule has 1 aromatic heterocycles. The van der Waals surface area contributed by atoms with Crippen molar-refractivity contribution in [2.45, 2.75) is 62.9 Å². The Hall–Kier alpha value is -1.99. The van der Waals surface area contributed by atoms with E-state index >= 15 is 0 Å².